The molecule has 0 bridgehead atoms. The van der Waals surface area contributed by atoms with Gasteiger partial charge in [0.15, 0.2) is 6.10 Å². The van der Waals surface area contributed by atoms with Gasteiger partial charge in [-0.05, 0) is 77.0 Å². The van der Waals surface area contributed by atoms with Crippen molar-refractivity contribution < 1.29 is 28.6 Å². The third-order valence-corrected chi connectivity index (χ3v) is 14.9. The van der Waals surface area contributed by atoms with Gasteiger partial charge in [-0.3, -0.25) is 14.4 Å². The maximum atomic E-state index is 12.9. The van der Waals surface area contributed by atoms with Gasteiger partial charge in [-0.15, -0.1) is 0 Å². The lowest BCUT2D eigenvalue weighted by molar-refractivity contribution is -0.167. The fraction of sp³-hybridized carbons (Fsp3) is 0.868. The number of hydrogen-bond donors (Lipinski definition) is 0. The van der Waals surface area contributed by atoms with E-state index < -0.39 is 6.10 Å². The SMILES string of the molecule is CCCCCCC/C=C\C/C=C\CCCCCCCCCCCC(=O)OCC(COC(=O)CCCCCCCCCCCCCCCCCCC)OC(=O)CCCCCCCCC/C=C\CCCCCCCCC. The first kappa shape index (κ1) is 71.6. The number of carbonyl (C=O) groups is 3. The van der Waals surface area contributed by atoms with Crippen LogP contribution >= 0.6 is 0 Å². The second kappa shape index (κ2) is 63.2. The highest BCUT2D eigenvalue weighted by atomic mass is 16.6. The molecule has 0 N–H and O–H groups in total. The minimum absolute atomic E-state index is 0.0707. The first-order valence-electron chi connectivity index (χ1n) is 33.0. The predicted molar refractivity (Wildman–Crippen MR) is 321 cm³/mol. The summed E-state index contributed by atoms with van der Waals surface area (Å²) in [4.78, 5) is 38.4. The zero-order chi connectivity index (χ0) is 53.6. The minimum atomic E-state index is -0.775. The zero-order valence-electron chi connectivity index (χ0n) is 49.9. The summed E-state index contributed by atoms with van der Waals surface area (Å²) >= 11 is 0. The van der Waals surface area contributed by atoms with Crippen molar-refractivity contribution in [3.05, 3.63) is 36.5 Å². The molecule has 0 spiro atoms. The molecule has 0 rings (SSSR count). The maximum absolute atomic E-state index is 12.9. The third-order valence-electron chi connectivity index (χ3n) is 14.9. The number of hydrogen-bond acceptors (Lipinski definition) is 6. The van der Waals surface area contributed by atoms with Crippen molar-refractivity contribution in [2.24, 2.45) is 0 Å². The summed E-state index contributed by atoms with van der Waals surface area (Å²) in [5.41, 5.74) is 0. The highest BCUT2D eigenvalue weighted by Crippen LogP contribution is 2.17. The van der Waals surface area contributed by atoms with Crippen LogP contribution in [0.5, 0.6) is 0 Å². The molecule has 6 nitrogen and oxygen atoms in total. The standard InChI is InChI=1S/C68H126O6/c1-4-7-10-13-16-19-22-25-28-31-33-34-35-38-40-43-46-49-52-55-58-61-67(70)73-64-65(63-72-66(69)60-57-54-51-48-45-42-39-36-30-27-24-21-18-15-12-9-6-3)74-68(71)62-59-56-53-50-47-44-41-37-32-29-26-23-20-17-14-11-8-5-2/h22,25,29,31-33,65H,4-21,23-24,26-28,30,34-64H2,1-3H3/b25-22-,32-29-,33-31-. The summed E-state index contributed by atoms with van der Waals surface area (Å²) in [6, 6.07) is 0. The molecule has 74 heavy (non-hydrogen) atoms. The van der Waals surface area contributed by atoms with Gasteiger partial charge in [0.05, 0.1) is 0 Å². The molecule has 434 valence electrons. The van der Waals surface area contributed by atoms with Crippen LogP contribution in [0.1, 0.15) is 361 Å². The van der Waals surface area contributed by atoms with Crippen LogP contribution in [0.2, 0.25) is 0 Å². The van der Waals surface area contributed by atoms with E-state index in [4.69, 9.17) is 14.2 Å². The van der Waals surface area contributed by atoms with Crippen molar-refractivity contribution in [3.63, 3.8) is 0 Å². The van der Waals surface area contributed by atoms with E-state index in [1.807, 2.05) is 0 Å². The van der Waals surface area contributed by atoms with Crippen LogP contribution in [0.25, 0.3) is 0 Å². The molecule has 0 heterocycles. The lowest BCUT2D eigenvalue weighted by Crippen LogP contribution is -2.30. The number of rotatable bonds is 61. The number of carbonyl (C=O) groups excluding carboxylic acids is 3. The fourth-order valence-electron chi connectivity index (χ4n) is 9.88. The quantitative estimate of drug-likeness (QED) is 0.0261. The van der Waals surface area contributed by atoms with Gasteiger partial charge in [0.25, 0.3) is 0 Å². The van der Waals surface area contributed by atoms with Gasteiger partial charge in [0.2, 0.25) is 0 Å². The largest absolute Gasteiger partial charge is 0.462 e. The fourth-order valence-corrected chi connectivity index (χ4v) is 9.88. The van der Waals surface area contributed by atoms with Crippen LogP contribution < -0.4 is 0 Å². The van der Waals surface area contributed by atoms with E-state index in [2.05, 4.69) is 57.2 Å². The molecule has 0 aliphatic rings. The molecule has 6 heteroatoms. The Balaban J connectivity index is 4.33. The van der Waals surface area contributed by atoms with E-state index >= 15 is 0 Å². The second-order valence-corrected chi connectivity index (χ2v) is 22.4. The second-order valence-electron chi connectivity index (χ2n) is 22.4. The first-order chi connectivity index (χ1) is 36.5. The Labute approximate surface area is 461 Å². The normalized spacial score (nSPS) is 12.2. The average molecular weight is 1040 g/mol. The molecule has 0 fully saturated rings. The Morgan fingerprint density at radius 3 is 0.757 bits per heavy atom. The third kappa shape index (κ3) is 60.5. The summed E-state index contributed by atoms with van der Waals surface area (Å²) in [5.74, 6) is -0.854. The molecule has 0 aromatic heterocycles. The van der Waals surface area contributed by atoms with E-state index in [-0.39, 0.29) is 31.1 Å². The smallest absolute Gasteiger partial charge is 0.306 e. The van der Waals surface area contributed by atoms with Crippen molar-refractivity contribution in [3.8, 4) is 0 Å². The van der Waals surface area contributed by atoms with Gasteiger partial charge in [0.1, 0.15) is 13.2 Å². The van der Waals surface area contributed by atoms with Crippen molar-refractivity contribution >= 4 is 17.9 Å². The Bertz CT molecular complexity index is 1240. The Kier molecular flexibility index (Phi) is 61.1. The molecule has 0 aromatic rings. The highest BCUT2D eigenvalue weighted by Gasteiger charge is 2.19. The highest BCUT2D eigenvalue weighted by molar-refractivity contribution is 5.71. The molecule has 0 aliphatic carbocycles. The van der Waals surface area contributed by atoms with E-state index in [1.165, 1.54) is 257 Å². The molecule has 1 unspecified atom stereocenters. The van der Waals surface area contributed by atoms with Gasteiger partial charge in [-0.2, -0.15) is 0 Å². The summed E-state index contributed by atoms with van der Waals surface area (Å²) in [7, 11) is 0. The van der Waals surface area contributed by atoms with Crippen LogP contribution in [0.3, 0.4) is 0 Å². The molecule has 0 radical (unpaired) electrons. The number of esters is 3. The van der Waals surface area contributed by atoms with Gasteiger partial charge < -0.3 is 14.2 Å². The van der Waals surface area contributed by atoms with E-state index in [1.54, 1.807) is 0 Å². The summed E-state index contributed by atoms with van der Waals surface area (Å²) in [6.07, 6.45) is 77.2. The molecular weight excluding hydrogens is 913 g/mol. The van der Waals surface area contributed by atoms with E-state index in [0.717, 1.165) is 64.2 Å². The van der Waals surface area contributed by atoms with Gasteiger partial charge >= 0.3 is 17.9 Å². The molecule has 0 aromatic carbocycles. The zero-order valence-corrected chi connectivity index (χ0v) is 49.9. The van der Waals surface area contributed by atoms with Crippen LogP contribution in [-0.2, 0) is 28.6 Å². The Hall–Kier alpha value is -2.37. The topological polar surface area (TPSA) is 78.9 Å². The lowest BCUT2D eigenvalue weighted by atomic mass is 10.0. The van der Waals surface area contributed by atoms with Gasteiger partial charge in [-0.25, -0.2) is 0 Å². The monoisotopic (exact) mass is 1040 g/mol. The first-order valence-corrected chi connectivity index (χ1v) is 33.0. The van der Waals surface area contributed by atoms with Crippen molar-refractivity contribution in [2.75, 3.05) is 13.2 Å². The summed E-state index contributed by atoms with van der Waals surface area (Å²) in [6.45, 7) is 6.69. The summed E-state index contributed by atoms with van der Waals surface area (Å²) < 4.78 is 17.0. The van der Waals surface area contributed by atoms with Crippen LogP contribution in [0.15, 0.2) is 36.5 Å². The average Bonchev–Trinajstić information content (AvgIpc) is 3.40. The molecule has 0 saturated heterocycles. The van der Waals surface area contributed by atoms with Crippen LogP contribution in [0.4, 0.5) is 0 Å². The maximum Gasteiger partial charge on any atom is 0.306 e. The molecule has 0 aliphatic heterocycles. The molecule has 0 amide bonds. The number of unbranched alkanes of at least 4 members (excludes halogenated alkanes) is 44. The van der Waals surface area contributed by atoms with Crippen LogP contribution in [0, 0.1) is 0 Å². The number of ether oxygens (including phenoxy) is 3. The predicted octanol–water partition coefficient (Wildman–Crippen LogP) is 22.4. The van der Waals surface area contributed by atoms with Crippen LogP contribution in [-0.4, -0.2) is 37.2 Å². The lowest BCUT2D eigenvalue weighted by Gasteiger charge is -2.18. The van der Waals surface area contributed by atoms with E-state index in [9.17, 15) is 14.4 Å². The summed E-state index contributed by atoms with van der Waals surface area (Å²) in [5, 5.41) is 0. The van der Waals surface area contributed by atoms with Gasteiger partial charge in [0, 0.05) is 19.3 Å². The molecule has 0 saturated carbocycles. The molecular formula is C68H126O6. The van der Waals surface area contributed by atoms with Gasteiger partial charge in [-0.1, -0.05) is 301 Å². The van der Waals surface area contributed by atoms with E-state index in [0.29, 0.717) is 19.3 Å². The Morgan fingerprint density at radius 1 is 0.270 bits per heavy atom. The van der Waals surface area contributed by atoms with Crippen molar-refractivity contribution in [2.45, 2.75) is 367 Å². The van der Waals surface area contributed by atoms with Crippen molar-refractivity contribution in [1.29, 1.82) is 0 Å². The molecule has 1 atom stereocenters. The van der Waals surface area contributed by atoms with Crippen molar-refractivity contribution in [1.82, 2.24) is 0 Å². The number of allylic oxidation sites excluding steroid dienone is 6. The minimum Gasteiger partial charge on any atom is -0.462 e. The Morgan fingerprint density at radius 2 is 0.486 bits per heavy atom.